The number of hydrogen-bond acceptors (Lipinski definition) is 3. The first-order valence-electron chi connectivity index (χ1n) is 8.39. The standard InChI is InChI=1S/C22H17ClN2O/c23-18-11-13-19(14-12-18)24-22-25-20(15-16-7-3-1-4-8-16)21(26-22)17-9-5-2-6-10-17/h1-14H,15H2,(H,24,25). The molecule has 4 rings (SSSR count). The molecule has 0 radical (unpaired) electrons. The van der Waals surface area contributed by atoms with E-state index in [4.69, 9.17) is 16.0 Å². The van der Waals surface area contributed by atoms with Crippen LogP contribution in [0, 0.1) is 0 Å². The van der Waals surface area contributed by atoms with Gasteiger partial charge in [-0.1, -0.05) is 72.3 Å². The van der Waals surface area contributed by atoms with Crippen molar-refractivity contribution in [1.29, 1.82) is 0 Å². The van der Waals surface area contributed by atoms with Crippen LogP contribution in [0.2, 0.25) is 5.02 Å². The van der Waals surface area contributed by atoms with Gasteiger partial charge in [-0.15, -0.1) is 0 Å². The van der Waals surface area contributed by atoms with Crippen LogP contribution in [-0.4, -0.2) is 4.98 Å². The zero-order valence-electron chi connectivity index (χ0n) is 14.0. The van der Waals surface area contributed by atoms with Crippen LogP contribution in [-0.2, 0) is 6.42 Å². The van der Waals surface area contributed by atoms with E-state index in [1.54, 1.807) is 0 Å². The van der Waals surface area contributed by atoms with Crippen LogP contribution >= 0.6 is 11.6 Å². The van der Waals surface area contributed by atoms with Crippen LogP contribution in [0.15, 0.2) is 89.3 Å². The molecule has 26 heavy (non-hydrogen) atoms. The van der Waals surface area contributed by atoms with Crippen molar-refractivity contribution in [3.05, 3.63) is 101 Å². The number of rotatable bonds is 5. The molecule has 128 valence electrons. The Labute approximate surface area is 157 Å². The maximum Gasteiger partial charge on any atom is 0.299 e. The quantitative estimate of drug-likeness (QED) is 0.452. The molecule has 0 aliphatic carbocycles. The number of nitrogens with zero attached hydrogens (tertiary/aromatic N) is 1. The van der Waals surface area contributed by atoms with Crippen molar-refractivity contribution in [3.63, 3.8) is 0 Å². The molecule has 0 unspecified atom stereocenters. The van der Waals surface area contributed by atoms with E-state index in [1.807, 2.05) is 72.8 Å². The fraction of sp³-hybridized carbons (Fsp3) is 0.0455. The first-order valence-corrected chi connectivity index (χ1v) is 8.77. The summed E-state index contributed by atoms with van der Waals surface area (Å²) in [5, 5.41) is 3.90. The van der Waals surface area contributed by atoms with Crippen LogP contribution < -0.4 is 5.32 Å². The molecule has 3 aromatic carbocycles. The minimum atomic E-state index is 0.470. The van der Waals surface area contributed by atoms with Gasteiger partial charge in [-0.3, -0.25) is 0 Å². The van der Waals surface area contributed by atoms with Gasteiger partial charge in [0, 0.05) is 22.7 Å². The molecule has 4 aromatic rings. The van der Waals surface area contributed by atoms with Gasteiger partial charge in [0.25, 0.3) is 6.01 Å². The molecule has 1 aromatic heterocycles. The van der Waals surface area contributed by atoms with Gasteiger partial charge in [0.05, 0.1) is 5.69 Å². The summed E-state index contributed by atoms with van der Waals surface area (Å²) in [4.78, 5) is 4.69. The van der Waals surface area contributed by atoms with E-state index in [0.29, 0.717) is 17.5 Å². The third kappa shape index (κ3) is 3.79. The highest BCUT2D eigenvalue weighted by atomic mass is 35.5. The van der Waals surface area contributed by atoms with Gasteiger partial charge in [0.2, 0.25) is 0 Å². The van der Waals surface area contributed by atoms with E-state index in [9.17, 15) is 0 Å². The van der Waals surface area contributed by atoms with Crippen molar-refractivity contribution in [1.82, 2.24) is 4.98 Å². The minimum absolute atomic E-state index is 0.470. The zero-order valence-corrected chi connectivity index (χ0v) is 14.8. The van der Waals surface area contributed by atoms with E-state index in [1.165, 1.54) is 5.56 Å². The topological polar surface area (TPSA) is 38.1 Å². The number of nitrogens with one attached hydrogen (secondary N) is 1. The van der Waals surface area contributed by atoms with Crippen molar-refractivity contribution >= 4 is 23.3 Å². The van der Waals surface area contributed by atoms with Gasteiger partial charge in [-0.05, 0) is 29.8 Å². The Bertz CT molecular complexity index is 980. The Morgan fingerprint density at radius 1 is 0.808 bits per heavy atom. The maximum atomic E-state index is 6.05. The zero-order chi connectivity index (χ0) is 17.8. The molecule has 0 bridgehead atoms. The second-order valence-corrected chi connectivity index (χ2v) is 6.39. The number of aromatic nitrogens is 1. The third-order valence-electron chi connectivity index (χ3n) is 4.04. The van der Waals surface area contributed by atoms with Gasteiger partial charge in [0.15, 0.2) is 5.76 Å². The number of oxazole rings is 1. The molecule has 0 aliphatic heterocycles. The lowest BCUT2D eigenvalue weighted by atomic mass is 10.1. The maximum absolute atomic E-state index is 6.05. The predicted molar refractivity (Wildman–Crippen MR) is 106 cm³/mol. The largest absolute Gasteiger partial charge is 0.423 e. The predicted octanol–water partition coefficient (Wildman–Crippen LogP) is 6.33. The van der Waals surface area contributed by atoms with Crippen LogP contribution in [0.1, 0.15) is 11.3 Å². The Balaban J connectivity index is 1.68. The highest BCUT2D eigenvalue weighted by Crippen LogP contribution is 2.30. The summed E-state index contributed by atoms with van der Waals surface area (Å²) in [5.74, 6) is 0.783. The van der Waals surface area contributed by atoms with E-state index >= 15 is 0 Å². The van der Waals surface area contributed by atoms with Crippen molar-refractivity contribution < 1.29 is 4.42 Å². The third-order valence-corrected chi connectivity index (χ3v) is 4.30. The molecule has 0 saturated carbocycles. The van der Waals surface area contributed by atoms with Crippen molar-refractivity contribution in [2.45, 2.75) is 6.42 Å². The summed E-state index contributed by atoms with van der Waals surface area (Å²) in [6.45, 7) is 0. The van der Waals surface area contributed by atoms with Crippen molar-refractivity contribution in [2.75, 3.05) is 5.32 Å². The number of benzene rings is 3. The SMILES string of the molecule is Clc1ccc(Nc2nc(Cc3ccccc3)c(-c3ccccc3)o2)cc1. The number of hydrogen-bond donors (Lipinski definition) is 1. The minimum Gasteiger partial charge on any atom is -0.423 e. The Hall–Kier alpha value is -3.04. The lowest BCUT2D eigenvalue weighted by Crippen LogP contribution is -1.93. The highest BCUT2D eigenvalue weighted by Gasteiger charge is 2.15. The van der Waals surface area contributed by atoms with Crippen molar-refractivity contribution in [2.24, 2.45) is 0 Å². The fourth-order valence-electron chi connectivity index (χ4n) is 2.79. The van der Waals surface area contributed by atoms with E-state index in [-0.39, 0.29) is 0 Å². The molecule has 0 spiro atoms. The molecule has 1 heterocycles. The molecular weight excluding hydrogens is 344 g/mol. The number of anilines is 2. The van der Waals surface area contributed by atoms with E-state index in [0.717, 1.165) is 22.7 Å². The molecule has 0 saturated heterocycles. The summed E-state index contributed by atoms with van der Waals surface area (Å²) in [6.07, 6.45) is 0.705. The first-order chi connectivity index (χ1) is 12.8. The molecular formula is C22H17ClN2O. The fourth-order valence-corrected chi connectivity index (χ4v) is 2.91. The lowest BCUT2D eigenvalue weighted by Gasteiger charge is -2.01. The highest BCUT2D eigenvalue weighted by molar-refractivity contribution is 6.30. The molecule has 0 atom stereocenters. The summed E-state index contributed by atoms with van der Waals surface area (Å²) in [6, 6.07) is 28.2. The Kier molecular flexibility index (Phi) is 4.71. The summed E-state index contributed by atoms with van der Waals surface area (Å²) in [7, 11) is 0. The lowest BCUT2D eigenvalue weighted by molar-refractivity contribution is 0.591. The monoisotopic (exact) mass is 360 g/mol. The van der Waals surface area contributed by atoms with Crippen LogP contribution in [0.3, 0.4) is 0 Å². The van der Waals surface area contributed by atoms with Gasteiger partial charge >= 0.3 is 0 Å². The summed E-state index contributed by atoms with van der Waals surface area (Å²) in [5.41, 5.74) is 3.98. The molecule has 1 N–H and O–H groups in total. The van der Waals surface area contributed by atoms with Crippen molar-refractivity contribution in [3.8, 4) is 11.3 Å². The first kappa shape index (κ1) is 16.4. The normalized spacial score (nSPS) is 10.7. The summed E-state index contributed by atoms with van der Waals surface area (Å²) >= 11 is 5.95. The van der Waals surface area contributed by atoms with Gasteiger partial charge in [0.1, 0.15) is 0 Å². The summed E-state index contributed by atoms with van der Waals surface area (Å²) < 4.78 is 6.05. The average molecular weight is 361 g/mol. The molecule has 0 amide bonds. The second kappa shape index (κ2) is 7.46. The smallest absolute Gasteiger partial charge is 0.299 e. The molecule has 4 heteroatoms. The van der Waals surface area contributed by atoms with Crippen LogP contribution in [0.4, 0.5) is 11.7 Å². The van der Waals surface area contributed by atoms with Crippen LogP contribution in [0.5, 0.6) is 0 Å². The molecule has 0 aliphatic rings. The average Bonchev–Trinajstić information content (AvgIpc) is 3.07. The van der Waals surface area contributed by atoms with Gasteiger partial charge in [-0.25, -0.2) is 0 Å². The Morgan fingerprint density at radius 3 is 2.15 bits per heavy atom. The number of halogens is 1. The van der Waals surface area contributed by atoms with Gasteiger partial charge < -0.3 is 9.73 Å². The molecule has 3 nitrogen and oxygen atoms in total. The van der Waals surface area contributed by atoms with Gasteiger partial charge in [-0.2, -0.15) is 4.98 Å². The Morgan fingerprint density at radius 2 is 1.46 bits per heavy atom. The van der Waals surface area contributed by atoms with Crippen LogP contribution in [0.25, 0.3) is 11.3 Å². The second-order valence-electron chi connectivity index (χ2n) is 5.96. The van der Waals surface area contributed by atoms with E-state index < -0.39 is 0 Å². The molecule has 0 fully saturated rings. The van der Waals surface area contributed by atoms with E-state index in [2.05, 4.69) is 22.4 Å².